The van der Waals surface area contributed by atoms with E-state index in [1.54, 1.807) is 6.92 Å². The highest BCUT2D eigenvalue weighted by Crippen LogP contribution is 2.40. The Morgan fingerprint density at radius 3 is 2.48 bits per heavy atom. The number of carbonyl (C=O) groups excluding carboxylic acids is 1. The van der Waals surface area contributed by atoms with E-state index in [1.807, 2.05) is 24.3 Å². The first-order valence-corrected chi connectivity index (χ1v) is 7.31. The largest absolute Gasteiger partial charge is 0.480 e. The molecular formula is C16H20N2O3. The highest BCUT2D eigenvalue weighted by Gasteiger charge is 2.48. The van der Waals surface area contributed by atoms with Crippen LogP contribution in [0.4, 0.5) is 0 Å². The highest BCUT2D eigenvalue weighted by molar-refractivity contribution is 5.91. The van der Waals surface area contributed by atoms with Crippen molar-refractivity contribution in [1.29, 1.82) is 0 Å². The van der Waals surface area contributed by atoms with Crippen molar-refractivity contribution in [2.75, 3.05) is 0 Å². The number of hydrogen-bond acceptors (Lipinski definition) is 3. The number of amides is 1. The Bertz CT molecular complexity index is 593. The van der Waals surface area contributed by atoms with Gasteiger partial charge >= 0.3 is 5.97 Å². The third-order valence-electron chi connectivity index (χ3n) is 4.68. The highest BCUT2D eigenvalue weighted by atomic mass is 16.4. The lowest BCUT2D eigenvalue weighted by Crippen LogP contribution is -2.60. The molecule has 0 saturated heterocycles. The van der Waals surface area contributed by atoms with Gasteiger partial charge in [0.15, 0.2) is 0 Å². The van der Waals surface area contributed by atoms with E-state index in [0.717, 1.165) is 24.0 Å². The normalized spacial score (nSPS) is 24.1. The van der Waals surface area contributed by atoms with Crippen molar-refractivity contribution < 1.29 is 14.7 Å². The minimum absolute atomic E-state index is 0.177. The van der Waals surface area contributed by atoms with Gasteiger partial charge in [-0.1, -0.05) is 24.3 Å². The molecule has 0 radical (unpaired) electrons. The van der Waals surface area contributed by atoms with E-state index in [0.29, 0.717) is 13.0 Å². The fourth-order valence-electron chi connectivity index (χ4n) is 3.12. The van der Waals surface area contributed by atoms with E-state index in [1.165, 1.54) is 4.90 Å². The topological polar surface area (TPSA) is 83.6 Å². The molecule has 5 nitrogen and oxygen atoms in total. The molecule has 1 fully saturated rings. The number of fused-ring (bicyclic) bond motifs is 1. The summed E-state index contributed by atoms with van der Waals surface area (Å²) in [6.45, 7) is 2.05. The lowest BCUT2D eigenvalue weighted by molar-refractivity contribution is -0.154. The molecule has 0 bridgehead atoms. The predicted octanol–water partition coefficient (Wildman–Crippen LogP) is 1.15. The number of nitrogens with zero attached hydrogens (tertiary/aromatic N) is 1. The SMILES string of the molecule is CC(N)(C(=O)N1Cc2ccccc2CC1C(=O)O)C1CC1. The summed E-state index contributed by atoms with van der Waals surface area (Å²) in [5.74, 6) is -1.03. The summed E-state index contributed by atoms with van der Waals surface area (Å²) in [6, 6.07) is 6.85. The standard InChI is InChI=1S/C16H20N2O3/c1-16(17,12-6-7-12)15(21)18-9-11-5-3-2-4-10(11)8-13(18)14(19)20/h2-5,12-13H,6-9,17H2,1H3,(H,19,20). The Kier molecular flexibility index (Phi) is 3.24. The van der Waals surface area contributed by atoms with Gasteiger partial charge in [-0.3, -0.25) is 4.79 Å². The molecule has 1 aromatic rings. The van der Waals surface area contributed by atoms with Crippen LogP contribution in [-0.2, 0) is 22.6 Å². The summed E-state index contributed by atoms with van der Waals surface area (Å²) in [4.78, 5) is 25.8. The zero-order chi connectivity index (χ0) is 15.2. The average molecular weight is 288 g/mol. The molecule has 3 N–H and O–H groups in total. The van der Waals surface area contributed by atoms with Crippen LogP contribution in [-0.4, -0.2) is 33.5 Å². The minimum Gasteiger partial charge on any atom is -0.480 e. The molecule has 1 heterocycles. The fourth-order valence-corrected chi connectivity index (χ4v) is 3.12. The second-order valence-corrected chi connectivity index (χ2v) is 6.32. The number of nitrogens with two attached hydrogens (primary N) is 1. The number of benzene rings is 1. The van der Waals surface area contributed by atoms with Gasteiger partial charge in [-0.15, -0.1) is 0 Å². The molecule has 1 saturated carbocycles. The monoisotopic (exact) mass is 288 g/mol. The molecule has 0 spiro atoms. The lowest BCUT2D eigenvalue weighted by atomic mass is 9.89. The van der Waals surface area contributed by atoms with Crippen LogP contribution in [0.2, 0.25) is 0 Å². The van der Waals surface area contributed by atoms with Gasteiger partial charge in [0.1, 0.15) is 6.04 Å². The molecule has 1 amide bonds. The van der Waals surface area contributed by atoms with Crippen molar-refractivity contribution in [3.63, 3.8) is 0 Å². The molecule has 1 aliphatic carbocycles. The Labute approximate surface area is 123 Å². The van der Waals surface area contributed by atoms with Gasteiger partial charge in [-0.2, -0.15) is 0 Å². The molecule has 3 rings (SSSR count). The van der Waals surface area contributed by atoms with Crippen LogP contribution in [0.5, 0.6) is 0 Å². The molecule has 21 heavy (non-hydrogen) atoms. The average Bonchev–Trinajstić information content (AvgIpc) is 3.30. The van der Waals surface area contributed by atoms with Gasteiger partial charge < -0.3 is 15.7 Å². The third-order valence-corrected chi connectivity index (χ3v) is 4.68. The molecule has 0 aromatic heterocycles. The number of carbonyl (C=O) groups is 2. The van der Waals surface area contributed by atoms with Crippen molar-refractivity contribution in [1.82, 2.24) is 4.90 Å². The van der Waals surface area contributed by atoms with Crippen molar-refractivity contribution in [2.24, 2.45) is 11.7 Å². The van der Waals surface area contributed by atoms with Crippen LogP contribution < -0.4 is 5.73 Å². The second-order valence-electron chi connectivity index (χ2n) is 6.32. The van der Waals surface area contributed by atoms with Gasteiger partial charge in [-0.25, -0.2) is 4.79 Å². The van der Waals surface area contributed by atoms with Crippen LogP contribution in [0.25, 0.3) is 0 Å². The van der Waals surface area contributed by atoms with E-state index in [4.69, 9.17) is 5.73 Å². The molecule has 1 aliphatic heterocycles. The Balaban J connectivity index is 1.92. The molecule has 1 aromatic carbocycles. The number of carboxylic acids is 1. The maximum atomic E-state index is 12.8. The second kappa shape index (κ2) is 4.84. The first-order chi connectivity index (χ1) is 9.91. The first kappa shape index (κ1) is 14.1. The summed E-state index contributed by atoms with van der Waals surface area (Å²) in [7, 11) is 0. The predicted molar refractivity (Wildman–Crippen MR) is 77.4 cm³/mol. The van der Waals surface area contributed by atoms with E-state index < -0.39 is 17.6 Å². The minimum atomic E-state index is -0.968. The Morgan fingerprint density at radius 2 is 1.90 bits per heavy atom. The first-order valence-electron chi connectivity index (χ1n) is 7.31. The van der Waals surface area contributed by atoms with Crippen LogP contribution in [0.3, 0.4) is 0 Å². The zero-order valence-electron chi connectivity index (χ0n) is 12.1. The quantitative estimate of drug-likeness (QED) is 0.874. The van der Waals surface area contributed by atoms with Crippen LogP contribution in [0, 0.1) is 5.92 Å². The summed E-state index contributed by atoms with van der Waals surface area (Å²) >= 11 is 0. The third kappa shape index (κ3) is 2.42. The Morgan fingerprint density at radius 1 is 1.29 bits per heavy atom. The van der Waals surface area contributed by atoms with Crippen LogP contribution in [0.15, 0.2) is 24.3 Å². The number of rotatable bonds is 3. The van der Waals surface area contributed by atoms with Gasteiger partial charge in [-0.05, 0) is 36.8 Å². The smallest absolute Gasteiger partial charge is 0.326 e. The Hall–Kier alpha value is -1.88. The van der Waals surface area contributed by atoms with Crippen LogP contribution >= 0.6 is 0 Å². The lowest BCUT2D eigenvalue weighted by Gasteiger charge is -2.39. The van der Waals surface area contributed by atoms with Gasteiger partial charge in [0, 0.05) is 13.0 Å². The fraction of sp³-hybridized carbons (Fsp3) is 0.500. The molecular weight excluding hydrogens is 268 g/mol. The maximum Gasteiger partial charge on any atom is 0.326 e. The van der Waals surface area contributed by atoms with Crippen molar-refractivity contribution in [2.45, 2.75) is 44.3 Å². The van der Waals surface area contributed by atoms with Crippen molar-refractivity contribution in [3.8, 4) is 0 Å². The van der Waals surface area contributed by atoms with E-state index in [2.05, 4.69) is 0 Å². The zero-order valence-corrected chi connectivity index (χ0v) is 12.1. The maximum absolute atomic E-state index is 12.8. The summed E-state index contributed by atoms with van der Waals surface area (Å²) in [6.07, 6.45) is 2.24. The number of aliphatic carboxylic acids is 1. The van der Waals surface area contributed by atoms with E-state index in [9.17, 15) is 14.7 Å². The molecule has 5 heteroatoms. The summed E-state index contributed by atoms with van der Waals surface area (Å²) in [5.41, 5.74) is 7.24. The number of carboxylic acid groups (broad SMARTS) is 1. The molecule has 2 atom stereocenters. The molecule has 2 unspecified atom stereocenters. The van der Waals surface area contributed by atoms with Crippen LogP contribution in [0.1, 0.15) is 30.9 Å². The summed E-state index contributed by atoms with van der Waals surface area (Å²) < 4.78 is 0. The van der Waals surface area contributed by atoms with Gasteiger partial charge in [0.2, 0.25) is 5.91 Å². The number of hydrogen-bond donors (Lipinski definition) is 2. The van der Waals surface area contributed by atoms with Crippen molar-refractivity contribution >= 4 is 11.9 Å². The van der Waals surface area contributed by atoms with Gasteiger partial charge in [0.05, 0.1) is 5.54 Å². The van der Waals surface area contributed by atoms with Gasteiger partial charge in [0.25, 0.3) is 0 Å². The van der Waals surface area contributed by atoms with E-state index in [-0.39, 0.29) is 11.8 Å². The molecule has 112 valence electrons. The van der Waals surface area contributed by atoms with E-state index >= 15 is 0 Å². The van der Waals surface area contributed by atoms with Crippen molar-refractivity contribution in [3.05, 3.63) is 35.4 Å². The molecule has 2 aliphatic rings. The summed E-state index contributed by atoms with van der Waals surface area (Å²) in [5, 5.41) is 9.47.